The summed E-state index contributed by atoms with van der Waals surface area (Å²) < 4.78 is 5.09. The van der Waals surface area contributed by atoms with Crippen LogP contribution in [-0.4, -0.2) is 17.9 Å². The maximum Gasteiger partial charge on any atom is 0.334 e. The first-order valence-electron chi connectivity index (χ1n) is 5.13. The molecule has 1 aromatic rings. The standard InChI is InChI=1S/C11H8Cl3NO3/c12-5-3-6(13)10(7(14)4-5)18-11(17)8-1-2-9(16)15-8/h3-4,8H,1-2H2,(H,15,16)/t8-/m0/s1. The molecule has 1 aromatic carbocycles. The second kappa shape index (κ2) is 5.34. The van der Waals surface area contributed by atoms with Crippen LogP contribution in [0.5, 0.6) is 5.75 Å². The Morgan fingerprint density at radius 1 is 1.28 bits per heavy atom. The average molecular weight is 309 g/mol. The van der Waals surface area contributed by atoms with E-state index in [2.05, 4.69) is 5.32 Å². The van der Waals surface area contributed by atoms with Crippen LogP contribution >= 0.6 is 34.8 Å². The molecule has 4 nitrogen and oxygen atoms in total. The van der Waals surface area contributed by atoms with Crippen molar-refractivity contribution in [2.45, 2.75) is 18.9 Å². The Balaban J connectivity index is 2.14. The first kappa shape index (κ1) is 13.5. The lowest BCUT2D eigenvalue weighted by Crippen LogP contribution is -2.36. The van der Waals surface area contributed by atoms with Gasteiger partial charge in [0.15, 0.2) is 5.75 Å². The summed E-state index contributed by atoms with van der Waals surface area (Å²) >= 11 is 17.5. The smallest absolute Gasteiger partial charge is 0.334 e. The molecule has 0 unspecified atom stereocenters. The van der Waals surface area contributed by atoms with Gasteiger partial charge in [-0.3, -0.25) is 4.79 Å². The number of nitrogens with one attached hydrogen (secondary N) is 1. The summed E-state index contributed by atoms with van der Waals surface area (Å²) in [7, 11) is 0. The molecule has 96 valence electrons. The van der Waals surface area contributed by atoms with E-state index in [-0.39, 0.29) is 21.7 Å². The zero-order valence-electron chi connectivity index (χ0n) is 9.00. The molecule has 1 atom stereocenters. The van der Waals surface area contributed by atoms with E-state index < -0.39 is 12.0 Å². The fourth-order valence-electron chi connectivity index (χ4n) is 1.59. The number of hydrogen-bond acceptors (Lipinski definition) is 3. The highest BCUT2D eigenvalue weighted by molar-refractivity contribution is 6.40. The van der Waals surface area contributed by atoms with Crippen LogP contribution in [-0.2, 0) is 9.59 Å². The summed E-state index contributed by atoms with van der Waals surface area (Å²) in [5, 5.41) is 3.13. The van der Waals surface area contributed by atoms with E-state index in [1.807, 2.05) is 0 Å². The molecule has 1 aliphatic heterocycles. The van der Waals surface area contributed by atoms with Crippen LogP contribution in [0.15, 0.2) is 12.1 Å². The molecule has 1 aliphatic rings. The van der Waals surface area contributed by atoms with E-state index in [1.54, 1.807) is 0 Å². The number of carbonyl (C=O) groups is 2. The highest BCUT2D eigenvalue weighted by Gasteiger charge is 2.29. The Morgan fingerprint density at radius 2 is 1.89 bits per heavy atom. The van der Waals surface area contributed by atoms with Crippen molar-refractivity contribution in [3.63, 3.8) is 0 Å². The first-order valence-corrected chi connectivity index (χ1v) is 6.26. The summed E-state index contributed by atoms with van der Waals surface area (Å²) in [6.45, 7) is 0. The highest BCUT2D eigenvalue weighted by atomic mass is 35.5. The molecular weight excluding hydrogens is 300 g/mol. The molecule has 1 N–H and O–H groups in total. The summed E-state index contributed by atoms with van der Waals surface area (Å²) in [6.07, 6.45) is 0.711. The lowest BCUT2D eigenvalue weighted by molar-refractivity contribution is -0.137. The zero-order valence-corrected chi connectivity index (χ0v) is 11.3. The van der Waals surface area contributed by atoms with Crippen LogP contribution in [0.2, 0.25) is 15.1 Å². The van der Waals surface area contributed by atoms with Gasteiger partial charge in [-0.1, -0.05) is 34.8 Å². The molecule has 18 heavy (non-hydrogen) atoms. The Hall–Kier alpha value is -0.970. The number of carbonyl (C=O) groups excluding carboxylic acids is 2. The van der Waals surface area contributed by atoms with Crippen molar-refractivity contribution in [3.05, 3.63) is 27.2 Å². The van der Waals surface area contributed by atoms with Crippen molar-refractivity contribution in [1.82, 2.24) is 5.32 Å². The van der Waals surface area contributed by atoms with Crippen LogP contribution in [0, 0.1) is 0 Å². The molecule has 1 heterocycles. The number of hydrogen-bond donors (Lipinski definition) is 1. The van der Waals surface area contributed by atoms with Gasteiger partial charge in [-0.15, -0.1) is 0 Å². The van der Waals surface area contributed by atoms with Gasteiger partial charge >= 0.3 is 5.97 Å². The van der Waals surface area contributed by atoms with Gasteiger partial charge in [0, 0.05) is 11.4 Å². The van der Waals surface area contributed by atoms with Crippen LogP contribution < -0.4 is 10.1 Å². The Morgan fingerprint density at radius 3 is 2.39 bits per heavy atom. The van der Waals surface area contributed by atoms with Crippen molar-refractivity contribution >= 4 is 46.7 Å². The van der Waals surface area contributed by atoms with Crippen LogP contribution in [0.1, 0.15) is 12.8 Å². The van der Waals surface area contributed by atoms with Gasteiger partial charge in [-0.25, -0.2) is 4.79 Å². The number of rotatable bonds is 2. The second-order valence-electron chi connectivity index (χ2n) is 3.78. The SMILES string of the molecule is O=C1CC[C@@H](C(=O)Oc2c(Cl)cc(Cl)cc2Cl)N1. The molecule has 1 fully saturated rings. The van der Waals surface area contributed by atoms with E-state index in [0.29, 0.717) is 17.9 Å². The largest absolute Gasteiger partial charge is 0.422 e. The van der Waals surface area contributed by atoms with Crippen LogP contribution in [0.3, 0.4) is 0 Å². The molecule has 0 radical (unpaired) electrons. The Bertz CT molecular complexity index is 495. The van der Waals surface area contributed by atoms with Crippen molar-refractivity contribution in [2.75, 3.05) is 0 Å². The van der Waals surface area contributed by atoms with Gasteiger partial charge in [0.1, 0.15) is 6.04 Å². The van der Waals surface area contributed by atoms with E-state index in [1.165, 1.54) is 12.1 Å². The number of halogens is 3. The lowest BCUT2D eigenvalue weighted by Gasteiger charge is -2.12. The third-order valence-electron chi connectivity index (χ3n) is 2.45. The molecule has 0 aliphatic carbocycles. The Labute approximate surface area is 118 Å². The molecule has 0 bridgehead atoms. The summed E-state index contributed by atoms with van der Waals surface area (Å²) in [5.41, 5.74) is 0. The summed E-state index contributed by atoms with van der Waals surface area (Å²) in [4.78, 5) is 22.8. The monoisotopic (exact) mass is 307 g/mol. The third kappa shape index (κ3) is 2.88. The minimum absolute atomic E-state index is 0.0499. The Kier molecular flexibility index (Phi) is 4.00. The quantitative estimate of drug-likeness (QED) is 0.675. The predicted molar refractivity (Wildman–Crippen MR) is 68.3 cm³/mol. The molecule has 1 amide bonds. The van der Waals surface area contributed by atoms with Gasteiger partial charge in [0.2, 0.25) is 5.91 Å². The summed E-state index contributed by atoms with van der Waals surface area (Å²) in [6, 6.07) is 2.19. The second-order valence-corrected chi connectivity index (χ2v) is 5.03. The maximum absolute atomic E-state index is 11.8. The molecule has 1 saturated heterocycles. The highest BCUT2D eigenvalue weighted by Crippen LogP contribution is 2.36. The van der Waals surface area contributed by atoms with E-state index in [9.17, 15) is 9.59 Å². The van der Waals surface area contributed by atoms with E-state index in [0.717, 1.165) is 0 Å². The number of benzene rings is 1. The minimum atomic E-state index is -0.652. The zero-order chi connectivity index (χ0) is 13.3. The van der Waals surface area contributed by atoms with Crippen LogP contribution in [0.25, 0.3) is 0 Å². The number of esters is 1. The normalized spacial score (nSPS) is 18.6. The fourth-order valence-corrected chi connectivity index (χ4v) is 2.48. The van der Waals surface area contributed by atoms with Gasteiger partial charge in [0.05, 0.1) is 10.0 Å². The lowest BCUT2D eigenvalue weighted by atomic mass is 10.2. The number of amides is 1. The minimum Gasteiger partial charge on any atom is -0.422 e. The van der Waals surface area contributed by atoms with Crippen molar-refractivity contribution in [2.24, 2.45) is 0 Å². The van der Waals surface area contributed by atoms with E-state index >= 15 is 0 Å². The molecule has 0 saturated carbocycles. The molecule has 0 spiro atoms. The van der Waals surface area contributed by atoms with E-state index in [4.69, 9.17) is 39.5 Å². The molecule has 0 aromatic heterocycles. The van der Waals surface area contributed by atoms with Gasteiger partial charge in [-0.05, 0) is 18.6 Å². The maximum atomic E-state index is 11.8. The van der Waals surface area contributed by atoms with Gasteiger partial charge < -0.3 is 10.1 Å². The van der Waals surface area contributed by atoms with Gasteiger partial charge in [0.25, 0.3) is 0 Å². The van der Waals surface area contributed by atoms with Gasteiger partial charge in [-0.2, -0.15) is 0 Å². The first-order chi connectivity index (χ1) is 8.47. The van der Waals surface area contributed by atoms with Crippen molar-refractivity contribution in [1.29, 1.82) is 0 Å². The van der Waals surface area contributed by atoms with Crippen molar-refractivity contribution in [3.8, 4) is 5.75 Å². The summed E-state index contributed by atoms with van der Waals surface area (Å²) in [5.74, 6) is -0.717. The van der Waals surface area contributed by atoms with Crippen molar-refractivity contribution < 1.29 is 14.3 Å². The third-order valence-corrected chi connectivity index (χ3v) is 3.23. The number of ether oxygens (including phenoxy) is 1. The topological polar surface area (TPSA) is 55.4 Å². The fraction of sp³-hybridized carbons (Fsp3) is 0.273. The molecule has 7 heteroatoms. The van der Waals surface area contributed by atoms with Crippen LogP contribution in [0.4, 0.5) is 0 Å². The predicted octanol–water partition coefficient (Wildman–Crippen LogP) is 2.83. The average Bonchev–Trinajstić information content (AvgIpc) is 2.70. The molecular formula is C11H8Cl3NO3. The molecule has 2 rings (SSSR count).